The maximum atomic E-state index is 10.9. The van der Waals surface area contributed by atoms with Crippen LogP contribution < -0.4 is 0 Å². The largest absolute Gasteiger partial charge is 0.478 e. The minimum Gasteiger partial charge on any atom is -0.478 e. The Bertz CT molecular complexity index is 380. The molecule has 4 nitrogen and oxygen atoms in total. The van der Waals surface area contributed by atoms with E-state index in [1.54, 1.807) is 24.6 Å². The number of aromatic carboxylic acids is 1. The summed E-state index contributed by atoms with van der Waals surface area (Å²) in [5.74, 6) is -0.928. The van der Waals surface area contributed by atoms with Crippen LogP contribution in [0.25, 0.3) is 0 Å². The summed E-state index contributed by atoms with van der Waals surface area (Å²) in [4.78, 5) is 10.9. The van der Waals surface area contributed by atoms with Crippen LogP contribution in [-0.2, 0) is 0 Å². The number of aromatic nitrogens is 2. The predicted molar refractivity (Wildman–Crippen MR) is 53.6 cm³/mol. The Labute approximate surface area is 82.9 Å². The molecule has 0 saturated heterocycles. The zero-order chi connectivity index (χ0) is 10.9. The number of carboxylic acids is 1. The van der Waals surface area contributed by atoms with Crippen LogP contribution >= 0.6 is 0 Å². The van der Waals surface area contributed by atoms with E-state index in [0.717, 1.165) is 0 Å². The van der Waals surface area contributed by atoms with Crippen molar-refractivity contribution >= 4 is 5.97 Å². The van der Waals surface area contributed by atoms with E-state index in [1.165, 1.54) is 0 Å². The average molecular weight is 194 g/mol. The molecule has 0 amide bonds. The third-order valence-corrected chi connectivity index (χ3v) is 2.27. The van der Waals surface area contributed by atoms with Gasteiger partial charge in [-0.1, -0.05) is 6.08 Å². The van der Waals surface area contributed by atoms with Gasteiger partial charge in [0.25, 0.3) is 0 Å². The fraction of sp³-hybridized carbons (Fsp3) is 0.400. The van der Waals surface area contributed by atoms with Gasteiger partial charge in [0.15, 0.2) is 0 Å². The number of hydrogen-bond acceptors (Lipinski definition) is 2. The highest BCUT2D eigenvalue weighted by molar-refractivity contribution is 5.90. The third kappa shape index (κ3) is 1.55. The lowest BCUT2D eigenvalue weighted by atomic mass is 10.2. The zero-order valence-electron chi connectivity index (χ0n) is 8.61. The van der Waals surface area contributed by atoms with Crippen molar-refractivity contribution in [3.63, 3.8) is 0 Å². The molecule has 0 saturated carbocycles. The van der Waals surface area contributed by atoms with E-state index in [4.69, 9.17) is 5.11 Å². The van der Waals surface area contributed by atoms with Crippen LogP contribution in [0, 0.1) is 13.8 Å². The van der Waals surface area contributed by atoms with Crippen molar-refractivity contribution in [1.82, 2.24) is 9.78 Å². The first kappa shape index (κ1) is 10.5. The van der Waals surface area contributed by atoms with Crippen molar-refractivity contribution < 1.29 is 9.90 Å². The molecule has 1 unspecified atom stereocenters. The van der Waals surface area contributed by atoms with Gasteiger partial charge in [-0.25, -0.2) is 4.79 Å². The summed E-state index contributed by atoms with van der Waals surface area (Å²) in [6.07, 6.45) is 1.73. The molecule has 1 rings (SSSR count). The minimum absolute atomic E-state index is 0.0156. The first-order valence-corrected chi connectivity index (χ1v) is 4.40. The van der Waals surface area contributed by atoms with Crippen LogP contribution in [0.1, 0.15) is 34.7 Å². The number of hydrogen-bond donors (Lipinski definition) is 1. The number of carboxylic acid groups (broad SMARTS) is 1. The van der Waals surface area contributed by atoms with Crippen LogP contribution in [0.4, 0.5) is 0 Å². The maximum Gasteiger partial charge on any atom is 0.339 e. The lowest BCUT2D eigenvalue weighted by molar-refractivity contribution is 0.0695. The van der Waals surface area contributed by atoms with Crippen molar-refractivity contribution in [1.29, 1.82) is 0 Å². The minimum atomic E-state index is -0.928. The van der Waals surface area contributed by atoms with Gasteiger partial charge in [0.05, 0.1) is 17.4 Å². The number of carbonyl (C=O) groups is 1. The molecule has 1 aromatic heterocycles. The molecule has 76 valence electrons. The van der Waals surface area contributed by atoms with E-state index < -0.39 is 5.97 Å². The number of allylic oxidation sites excluding steroid dienone is 1. The molecule has 1 heterocycles. The second kappa shape index (κ2) is 3.65. The second-order valence-electron chi connectivity index (χ2n) is 3.27. The van der Waals surface area contributed by atoms with E-state index in [1.807, 2.05) is 6.92 Å². The SMILES string of the molecule is C=CC(C)n1nc(C)c(C(=O)O)c1C. The topological polar surface area (TPSA) is 55.1 Å². The summed E-state index contributed by atoms with van der Waals surface area (Å²) < 4.78 is 1.67. The lowest BCUT2D eigenvalue weighted by Gasteiger charge is -2.08. The highest BCUT2D eigenvalue weighted by atomic mass is 16.4. The standard InChI is InChI=1S/C10H14N2O2/c1-5-6(2)12-8(4)9(10(13)14)7(3)11-12/h5-6H,1H2,2-4H3,(H,13,14). The molecular weight excluding hydrogens is 180 g/mol. The summed E-state index contributed by atoms with van der Waals surface area (Å²) in [5.41, 5.74) is 1.50. The molecule has 14 heavy (non-hydrogen) atoms. The molecule has 0 bridgehead atoms. The van der Waals surface area contributed by atoms with Gasteiger partial charge in [0.1, 0.15) is 5.56 Å². The van der Waals surface area contributed by atoms with Gasteiger partial charge in [-0.05, 0) is 20.8 Å². The molecule has 0 aliphatic carbocycles. The lowest BCUT2D eigenvalue weighted by Crippen LogP contribution is -2.07. The molecular formula is C10H14N2O2. The van der Waals surface area contributed by atoms with Crippen molar-refractivity contribution in [2.24, 2.45) is 0 Å². The molecule has 0 aliphatic heterocycles. The third-order valence-electron chi connectivity index (χ3n) is 2.27. The summed E-state index contributed by atoms with van der Waals surface area (Å²) in [5, 5.41) is 13.1. The summed E-state index contributed by atoms with van der Waals surface area (Å²) in [7, 11) is 0. The van der Waals surface area contributed by atoms with Gasteiger partial charge in [-0.3, -0.25) is 4.68 Å². The zero-order valence-corrected chi connectivity index (χ0v) is 8.61. The molecule has 0 spiro atoms. The first-order chi connectivity index (χ1) is 6.49. The summed E-state index contributed by atoms with van der Waals surface area (Å²) >= 11 is 0. The van der Waals surface area contributed by atoms with Crippen LogP contribution in [0.15, 0.2) is 12.7 Å². The highest BCUT2D eigenvalue weighted by Gasteiger charge is 2.18. The number of aryl methyl sites for hydroxylation is 1. The average Bonchev–Trinajstić information content (AvgIpc) is 2.40. The Hall–Kier alpha value is -1.58. The van der Waals surface area contributed by atoms with Crippen molar-refractivity contribution in [3.8, 4) is 0 Å². The van der Waals surface area contributed by atoms with Gasteiger partial charge in [-0.2, -0.15) is 5.10 Å². The Kier molecular flexibility index (Phi) is 2.74. The summed E-state index contributed by atoms with van der Waals surface area (Å²) in [6, 6.07) is 0.0156. The van der Waals surface area contributed by atoms with E-state index in [9.17, 15) is 4.79 Å². The number of rotatable bonds is 3. The highest BCUT2D eigenvalue weighted by Crippen LogP contribution is 2.17. The van der Waals surface area contributed by atoms with Gasteiger partial charge in [0.2, 0.25) is 0 Å². The molecule has 0 aromatic carbocycles. The Morgan fingerprint density at radius 1 is 1.64 bits per heavy atom. The van der Waals surface area contributed by atoms with Gasteiger partial charge in [0, 0.05) is 0 Å². The molecule has 0 radical (unpaired) electrons. The Morgan fingerprint density at radius 3 is 2.57 bits per heavy atom. The molecule has 1 atom stereocenters. The van der Waals surface area contributed by atoms with E-state index >= 15 is 0 Å². The molecule has 0 fully saturated rings. The Morgan fingerprint density at radius 2 is 2.21 bits per heavy atom. The van der Waals surface area contributed by atoms with Gasteiger partial charge >= 0.3 is 5.97 Å². The van der Waals surface area contributed by atoms with E-state index in [0.29, 0.717) is 17.0 Å². The summed E-state index contributed by atoms with van der Waals surface area (Å²) in [6.45, 7) is 9.02. The number of nitrogens with zero attached hydrogens (tertiary/aromatic N) is 2. The fourth-order valence-electron chi connectivity index (χ4n) is 1.47. The van der Waals surface area contributed by atoms with E-state index in [-0.39, 0.29) is 6.04 Å². The van der Waals surface area contributed by atoms with Crippen LogP contribution in [0.2, 0.25) is 0 Å². The first-order valence-electron chi connectivity index (χ1n) is 4.40. The van der Waals surface area contributed by atoms with Crippen molar-refractivity contribution in [2.75, 3.05) is 0 Å². The fourth-order valence-corrected chi connectivity index (χ4v) is 1.47. The Balaban J connectivity index is 3.30. The van der Waals surface area contributed by atoms with Crippen LogP contribution in [-0.4, -0.2) is 20.9 Å². The molecule has 1 aromatic rings. The van der Waals surface area contributed by atoms with Gasteiger partial charge in [-0.15, -0.1) is 6.58 Å². The maximum absolute atomic E-state index is 10.9. The predicted octanol–water partition coefficient (Wildman–Crippen LogP) is 1.95. The van der Waals surface area contributed by atoms with Crippen LogP contribution in [0.3, 0.4) is 0 Å². The van der Waals surface area contributed by atoms with Crippen LogP contribution in [0.5, 0.6) is 0 Å². The molecule has 1 N–H and O–H groups in total. The molecule has 4 heteroatoms. The van der Waals surface area contributed by atoms with Crippen molar-refractivity contribution in [2.45, 2.75) is 26.8 Å². The second-order valence-corrected chi connectivity index (χ2v) is 3.27. The monoisotopic (exact) mass is 194 g/mol. The normalized spacial score (nSPS) is 12.5. The van der Waals surface area contributed by atoms with E-state index in [2.05, 4.69) is 11.7 Å². The molecule has 0 aliphatic rings. The van der Waals surface area contributed by atoms with Gasteiger partial charge < -0.3 is 5.11 Å². The van der Waals surface area contributed by atoms with Crippen molar-refractivity contribution in [3.05, 3.63) is 29.6 Å². The quantitative estimate of drug-likeness (QED) is 0.748. The smallest absolute Gasteiger partial charge is 0.339 e.